The number of hydrogen-bond acceptors (Lipinski definition) is 3. The van der Waals surface area contributed by atoms with Crippen molar-refractivity contribution >= 4 is 11.9 Å². The Bertz CT molecular complexity index is 285. The molecule has 0 fully saturated rings. The van der Waals surface area contributed by atoms with E-state index in [0.29, 0.717) is 12.3 Å². The zero-order valence-electron chi connectivity index (χ0n) is 15.7. The average Bonchev–Trinajstić information content (AvgIpc) is 2.53. The number of esters is 2. The second kappa shape index (κ2) is 16.0. The van der Waals surface area contributed by atoms with Gasteiger partial charge in [0.25, 0.3) is 0 Å². The van der Waals surface area contributed by atoms with Crippen LogP contribution in [0.25, 0.3) is 0 Å². The van der Waals surface area contributed by atoms with Crippen molar-refractivity contribution in [1.82, 2.24) is 0 Å². The van der Waals surface area contributed by atoms with Gasteiger partial charge < -0.3 is 4.74 Å². The van der Waals surface area contributed by atoms with Gasteiger partial charge in [0, 0.05) is 12.8 Å². The van der Waals surface area contributed by atoms with Gasteiger partial charge in [0.1, 0.15) is 0 Å². The van der Waals surface area contributed by atoms with Crippen molar-refractivity contribution in [2.24, 2.45) is 5.92 Å². The minimum atomic E-state index is -0.403. The maximum atomic E-state index is 11.9. The molecule has 0 aliphatic heterocycles. The first kappa shape index (κ1) is 22.1. The number of unbranched alkanes of at least 4 members (excludes halogenated alkanes) is 8. The number of carbonyl (C=O) groups excluding carboxylic acids is 2. The second-order valence-electron chi connectivity index (χ2n) is 6.68. The van der Waals surface area contributed by atoms with Crippen LogP contribution in [0, 0.1) is 5.92 Å². The van der Waals surface area contributed by atoms with Crippen LogP contribution >= 0.6 is 0 Å². The standard InChI is InChI=1S/C20H38O3/c1-4-7-9-11-13-15-18(16-14-12-10-8-5-2)17-20(22)23-19(21)6-3/h18H,4-17H2,1-3H3. The predicted octanol–water partition coefficient (Wildman–Crippen LogP) is 6.19. The van der Waals surface area contributed by atoms with Gasteiger partial charge in [-0.2, -0.15) is 0 Å². The van der Waals surface area contributed by atoms with Gasteiger partial charge in [0.2, 0.25) is 0 Å². The minimum absolute atomic E-state index is 0.268. The fraction of sp³-hybridized carbons (Fsp3) is 0.900. The topological polar surface area (TPSA) is 43.4 Å². The molecule has 0 aromatic rings. The van der Waals surface area contributed by atoms with Crippen LogP contribution in [0.3, 0.4) is 0 Å². The lowest BCUT2D eigenvalue weighted by molar-refractivity contribution is -0.160. The average molecular weight is 327 g/mol. The van der Waals surface area contributed by atoms with Crippen molar-refractivity contribution in [1.29, 1.82) is 0 Å². The molecule has 0 bridgehead atoms. The van der Waals surface area contributed by atoms with Crippen molar-refractivity contribution in [3.8, 4) is 0 Å². The zero-order chi connectivity index (χ0) is 17.3. The molecule has 0 aliphatic rings. The summed E-state index contributed by atoms with van der Waals surface area (Å²) in [5, 5.41) is 0. The molecule has 3 heteroatoms. The Kier molecular flexibility index (Phi) is 15.4. The molecule has 0 atom stereocenters. The van der Waals surface area contributed by atoms with Crippen LogP contribution in [-0.4, -0.2) is 11.9 Å². The van der Waals surface area contributed by atoms with Gasteiger partial charge in [-0.3, -0.25) is 9.59 Å². The summed E-state index contributed by atoms with van der Waals surface area (Å²) < 4.78 is 4.84. The van der Waals surface area contributed by atoms with E-state index in [2.05, 4.69) is 13.8 Å². The maximum absolute atomic E-state index is 11.9. The Morgan fingerprint density at radius 1 is 0.696 bits per heavy atom. The normalized spacial score (nSPS) is 11.0. The molecule has 0 rings (SSSR count). The van der Waals surface area contributed by atoms with Crippen LogP contribution < -0.4 is 0 Å². The maximum Gasteiger partial charge on any atom is 0.313 e. The molecule has 0 saturated carbocycles. The molecule has 0 spiro atoms. The third-order valence-corrected chi connectivity index (χ3v) is 4.40. The lowest BCUT2D eigenvalue weighted by atomic mass is 9.91. The molecule has 0 heterocycles. The Morgan fingerprint density at radius 2 is 1.17 bits per heavy atom. The highest BCUT2D eigenvalue weighted by molar-refractivity contribution is 5.85. The summed E-state index contributed by atoms with van der Waals surface area (Å²) in [4.78, 5) is 23.1. The van der Waals surface area contributed by atoms with Crippen LogP contribution in [0.4, 0.5) is 0 Å². The summed E-state index contributed by atoms with van der Waals surface area (Å²) in [5.74, 6) is -0.348. The largest absolute Gasteiger partial charge is 0.393 e. The number of rotatable bonds is 15. The fourth-order valence-electron chi connectivity index (χ4n) is 2.90. The summed E-state index contributed by atoms with van der Waals surface area (Å²) in [6.07, 6.45) is 15.4. The minimum Gasteiger partial charge on any atom is -0.393 e. The molecule has 23 heavy (non-hydrogen) atoms. The monoisotopic (exact) mass is 326 g/mol. The Hall–Kier alpha value is -0.860. The summed E-state index contributed by atoms with van der Waals surface area (Å²) in [5.41, 5.74) is 0. The predicted molar refractivity (Wildman–Crippen MR) is 96.2 cm³/mol. The van der Waals surface area contributed by atoms with Gasteiger partial charge >= 0.3 is 11.9 Å². The fourth-order valence-corrected chi connectivity index (χ4v) is 2.90. The van der Waals surface area contributed by atoms with E-state index in [4.69, 9.17) is 4.74 Å². The van der Waals surface area contributed by atoms with Crippen LogP contribution in [0.1, 0.15) is 111 Å². The second-order valence-corrected chi connectivity index (χ2v) is 6.68. The van der Waals surface area contributed by atoms with Gasteiger partial charge in [0.15, 0.2) is 0 Å². The van der Waals surface area contributed by atoms with Crippen molar-refractivity contribution in [3.05, 3.63) is 0 Å². The van der Waals surface area contributed by atoms with Gasteiger partial charge in [-0.25, -0.2) is 0 Å². The Balaban J connectivity index is 4.08. The van der Waals surface area contributed by atoms with E-state index < -0.39 is 5.97 Å². The molecule has 0 unspecified atom stereocenters. The first-order valence-corrected chi connectivity index (χ1v) is 9.87. The van der Waals surface area contributed by atoms with Crippen LogP contribution in [0.2, 0.25) is 0 Å². The molecule has 0 aromatic carbocycles. The van der Waals surface area contributed by atoms with Gasteiger partial charge in [0.05, 0.1) is 0 Å². The Labute approximate surface area is 143 Å². The van der Waals surface area contributed by atoms with E-state index in [0.717, 1.165) is 12.8 Å². The van der Waals surface area contributed by atoms with Crippen molar-refractivity contribution < 1.29 is 14.3 Å². The zero-order valence-corrected chi connectivity index (χ0v) is 15.7. The van der Waals surface area contributed by atoms with E-state index in [9.17, 15) is 9.59 Å². The number of hydrogen-bond donors (Lipinski definition) is 0. The molecular weight excluding hydrogens is 288 g/mol. The van der Waals surface area contributed by atoms with E-state index in [1.165, 1.54) is 64.2 Å². The molecule has 0 aliphatic carbocycles. The van der Waals surface area contributed by atoms with Crippen molar-refractivity contribution in [2.75, 3.05) is 0 Å². The summed E-state index contributed by atoms with van der Waals surface area (Å²) in [6, 6.07) is 0. The molecular formula is C20H38O3. The third kappa shape index (κ3) is 14.5. The lowest BCUT2D eigenvalue weighted by Gasteiger charge is -2.16. The van der Waals surface area contributed by atoms with Crippen LogP contribution in [0.15, 0.2) is 0 Å². The summed E-state index contributed by atoms with van der Waals surface area (Å²) in [7, 11) is 0. The van der Waals surface area contributed by atoms with Crippen LogP contribution in [-0.2, 0) is 14.3 Å². The number of ether oxygens (including phenoxy) is 1. The van der Waals surface area contributed by atoms with Crippen LogP contribution in [0.5, 0.6) is 0 Å². The third-order valence-electron chi connectivity index (χ3n) is 4.40. The summed E-state index contributed by atoms with van der Waals surface area (Å²) >= 11 is 0. The first-order chi connectivity index (χ1) is 11.1. The first-order valence-electron chi connectivity index (χ1n) is 9.87. The van der Waals surface area contributed by atoms with Gasteiger partial charge in [-0.05, 0) is 18.8 Å². The highest BCUT2D eigenvalue weighted by atomic mass is 16.6. The van der Waals surface area contributed by atoms with Gasteiger partial charge in [-0.1, -0.05) is 85.0 Å². The molecule has 0 saturated heterocycles. The summed E-state index contributed by atoms with van der Waals surface area (Å²) in [6.45, 7) is 6.16. The molecule has 3 nitrogen and oxygen atoms in total. The highest BCUT2D eigenvalue weighted by Gasteiger charge is 2.16. The van der Waals surface area contributed by atoms with E-state index in [1.807, 2.05) is 0 Å². The van der Waals surface area contributed by atoms with Crippen molar-refractivity contribution in [2.45, 2.75) is 111 Å². The molecule has 0 amide bonds. The van der Waals surface area contributed by atoms with Gasteiger partial charge in [-0.15, -0.1) is 0 Å². The number of carbonyl (C=O) groups is 2. The van der Waals surface area contributed by atoms with E-state index in [-0.39, 0.29) is 12.4 Å². The molecule has 0 radical (unpaired) electrons. The molecule has 136 valence electrons. The molecule has 0 N–H and O–H groups in total. The quantitative estimate of drug-likeness (QED) is 0.204. The lowest BCUT2D eigenvalue weighted by Crippen LogP contribution is -2.15. The van der Waals surface area contributed by atoms with E-state index >= 15 is 0 Å². The SMILES string of the molecule is CCCCCCCC(CCCCCCC)CC(=O)OC(=O)CC. The van der Waals surface area contributed by atoms with Crippen molar-refractivity contribution in [3.63, 3.8) is 0 Å². The highest BCUT2D eigenvalue weighted by Crippen LogP contribution is 2.22. The molecule has 0 aromatic heterocycles. The Morgan fingerprint density at radius 3 is 1.61 bits per heavy atom. The van der Waals surface area contributed by atoms with E-state index in [1.54, 1.807) is 6.92 Å². The smallest absolute Gasteiger partial charge is 0.313 e.